The fraction of sp³-hybridized carbons (Fsp3) is 0.321. The molecule has 7 nitrogen and oxygen atoms in total. The average molecular weight is 503 g/mol. The first-order valence-electron chi connectivity index (χ1n) is 12.2. The van der Waals surface area contributed by atoms with Crippen LogP contribution in [-0.4, -0.2) is 54.1 Å². The van der Waals surface area contributed by atoms with Gasteiger partial charge >= 0.3 is 0 Å². The van der Waals surface area contributed by atoms with Crippen molar-refractivity contribution in [1.82, 2.24) is 20.2 Å². The monoisotopic (exact) mass is 502 g/mol. The molecule has 1 amide bonds. The summed E-state index contributed by atoms with van der Waals surface area (Å²) in [5.41, 5.74) is 4.62. The van der Waals surface area contributed by atoms with Gasteiger partial charge in [-0.25, -0.2) is 4.98 Å². The van der Waals surface area contributed by atoms with Crippen LogP contribution in [0.4, 0.5) is 0 Å². The van der Waals surface area contributed by atoms with Crippen LogP contribution in [0.15, 0.2) is 72.4 Å². The predicted molar refractivity (Wildman–Crippen MR) is 141 cm³/mol. The number of carbonyl (C=O) groups is 1. The lowest BCUT2D eigenvalue weighted by Crippen LogP contribution is -2.42. The number of likely N-dealkylation sites (tertiary alicyclic amines) is 1. The number of carbonyl (C=O) groups excluding carboxylic acids is 1. The van der Waals surface area contributed by atoms with Crippen molar-refractivity contribution in [2.24, 2.45) is 5.92 Å². The Bertz CT molecular complexity index is 1290. The minimum atomic E-state index is -0.323. The molecule has 0 aliphatic carbocycles. The molecule has 2 aromatic heterocycles. The van der Waals surface area contributed by atoms with Crippen LogP contribution in [-0.2, 0) is 4.79 Å². The molecule has 8 heteroatoms. The molecule has 0 unspecified atom stereocenters. The first-order chi connectivity index (χ1) is 17.7. The predicted octanol–water partition coefficient (Wildman–Crippen LogP) is 4.70. The second-order valence-corrected chi connectivity index (χ2v) is 9.81. The van der Waals surface area contributed by atoms with E-state index in [4.69, 9.17) is 9.47 Å². The number of hydrogen-bond acceptors (Lipinski definition) is 7. The fourth-order valence-electron chi connectivity index (χ4n) is 4.59. The number of pyridine rings is 1. The highest BCUT2D eigenvalue weighted by atomic mass is 32.1. The van der Waals surface area contributed by atoms with Gasteiger partial charge in [-0.2, -0.15) is 0 Å². The van der Waals surface area contributed by atoms with Crippen LogP contribution in [0.3, 0.4) is 0 Å². The first-order valence-corrected chi connectivity index (χ1v) is 13.1. The lowest BCUT2D eigenvalue weighted by atomic mass is 9.94. The van der Waals surface area contributed by atoms with Crippen LogP contribution in [0.1, 0.15) is 30.1 Å². The van der Waals surface area contributed by atoms with Crippen LogP contribution in [0, 0.1) is 5.92 Å². The van der Waals surface area contributed by atoms with E-state index in [9.17, 15) is 4.79 Å². The number of methoxy groups -OCH3 is 1. The van der Waals surface area contributed by atoms with Gasteiger partial charge in [0, 0.05) is 18.7 Å². The van der Waals surface area contributed by atoms with E-state index < -0.39 is 0 Å². The summed E-state index contributed by atoms with van der Waals surface area (Å²) in [6, 6.07) is 19.2. The number of nitrogens with zero attached hydrogens (tertiary/aromatic N) is 3. The van der Waals surface area contributed by atoms with Crippen molar-refractivity contribution in [1.29, 1.82) is 0 Å². The summed E-state index contributed by atoms with van der Waals surface area (Å²) in [5, 5.41) is 3.26. The maximum Gasteiger partial charge on any atom is 0.224 e. The van der Waals surface area contributed by atoms with Gasteiger partial charge in [-0.15, -0.1) is 11.3 Å². The van der Waals surface area contributed by atoms with E-state index in [1.807, 2.05) is 66.2 Å². The molecule has 186 valence electrons. The normalized spacial score (nSPS) is 15.5. The van der Waals surface area contributed by atoms with E-state index >= 15 is 0 Å². The maximum absolute atomic E-state index is 13.3. The molecular formula is C28H30N4O3S. The molecule has 0 saturated carbocycles. The van der Waals surface area contributed by atoms with Crippen molar-refractivity contribution in [2.75, 3.05) is 33.4 Å². The topological polar surface area (TPSA) is 76.6 Å². The fourth-order valence-corrected chi connectivity index (χ4v) is 5.30. The molecule has 1 N–H and O–H groups in total. The molecule has 5 rings (SSSR count). The average Bonchev–Trinajstić information content (AvgIpc) is 3.40. The van der Waals surface area contributed by atoms with Gasteiger partial charge in [-0.05, 0) is 74.0 Å². The van der Waals surface area contributed by atoms with E-state index in [1.165, 1.54) is 0 Å². The van der Waals surface area contributed by atoms with Gasteiger partial charge < -0.3 is 14.8 Å². The van der Waals surface area contributed by atoms with Crippen molar-refractivity contribution in [3.63, 3.8) is 0 Å². The minimum Gasteiger partial charge on any atom is -0.497 e. The van der Waals surface area contributed by atoms with Crippen molar-refractivity contribution in [2.45, 2.75) is 18.9 Å². The van der Waals surface area contributed by atoms with E-state index in [0.717, 1.165) is 65.4 Å². The Balaban J connectivity index is 1.14. The highest BCUT2D eigenvalue weighted by Crippen LogP contribution is 2.26. The van der Waals surface area contributed by atoms with Gasteiger partial charge in [0.25, 0.3) is 0 Å². The standard InChI is InChI=1S/C28H30N4O3S/c1-34-22-6-4-5-21(17-22)27(25-7-2-3-12-29-25)31-28(33)20-10-13-32(14-11-20)15-16-35-23-8-9-24-26(18-23)36-19-30-24/h2-9,12,17-20,27H,10-11,13-16H2,1H3,(H,31,33)/t27-/m1/s1. The van der Waals surface area contributed by atoms with Gasteiger partial charge in [0.05, 0.1) is 34.6 Å². The van der Waals surface area contributed by atoms with Crippen molar-refractivity contribution in [3.8, 4) is 11.5 Å². The van der Waals surface area contributed by atoms with Crippen LogP contribution in [0.25, 0.3) is 10.2 Å². The number of ether oxygens (including phenoxy) is 2. The molecular weight excluding hydrogens is 472 g/mol. The van der Waals surface area contributed by atoms with E-state index in [1.54, 1.807) is 24.6 Å². The Labute approximate surface area is 215 Å². The zero-order valence-electron chi connectivity index (χ0n) is 20.3. The van der Waals surface area contributed by atoms with Gasteiger partial charge in [0.1, 0.15) is 18.1 Å². The molecule has 2 aromatic carbocycles. The summed E-state index contributed by atoms with van der Waals surface area (Å²) < 4.78 is 12.5. The molecule has 0 spiro atoms. The Morgan fingerprint density at radius 3 is 2.78 bits per heavy atom. The van der Waals surface area contributed by atoms with Gasteiger partial charge in [-0.1, -0.05) is 18.2 Å². The summed E-state index contributed by atoms with van der Waals surface area (Å²) in [6.07, 6.45) is 3.40. The molecule has 1 aliphatic rings. The van der Waals surface area contributed by atoms with Crippen molar-refractivity contribution >= 4 is 27.5 Å². The lowest BCUT2D eigenvalue weighted by Gasteiger charge is -2.32. The molecule has 1 saturated heterocycles. The van der Waals surface area contributed by atoms with Crippen LogP contribution >= 0.6 is 11.3 Å². The largest absolute Gasteiger partial charge is 0.497 e. The highest BCUT2D eigenvalue weighted by Gasteiger charge is 2.28. The van der Waals surface area contributed by atoms with Crippen LogP contribution in [0.5, 0.6) is 11.5 Å². The van der Waals surface area contributed by atoms with Crippen molar-refractivity contribution in [3.05, 3.63) is 83.6 Å². The smallest absolute Gasteiger partial charge is 0.224 e. The van der Waals surface area contributed by atoms with Crippen molar-refractivity contribution < 1.29 is 14.3 Å². The Hall–Kier alpha value is -3.49. The lowest BCUT2D eigenvalue weighted by molar-refractivity contribution is -0.127. The number of thiazole rings is 1. The molecule has 1 atom stereocenters. The molecule has 3 heterocycles. The summed E-state index contributed by atoms with van der Waals surface area (Å²) >= 11 is 1.62. The van der Waals surface area contributed by atoms with E-state index in [-0.39, 0.29) is 17.9 Å². The minimum absolute atomic E-state index is 0.0206. The quantitative estimate of drug-likeness (QED) is 0.358. The summed E-state index contributed by atoms with van der Waals surface area (Å²) in [7, 11) is 1.64. The SMILES string of the molecule is COc1cccc([C@@H](NC(=O)C2CCN(CCOc3ccc4ncsc4c3)CC2)c2ccccn2)c1. The number of hydrogen-bond donors (Lipinski definition) is 1. The third-order valence-electron chi connectivity index (χ3n) is 6.63. The molecule has 1 aliphatic heterocycles. The summed E-state index contributed by atoms with van der Waals surface area (Å²) in [6.45, 7) is 3.22. The van der Waals surface area contributed by atoms with Gasteiger partial charge in [-0.3, -0.25) is 14.7 Å². The van der Waals surface area contributed by atoms with Crippen LogP contribution in [0.2, 0.25) is 0 Å². The zero-order valence-corrected chi connectivity index (χ0v) is 21.1. The third-order valence-corrected chi connectivity index (χ3v) is 7.43. The Morgan fingerprint density at radius 2 is 1.97 bits per heavy atom. The number of amides is 1. The number of nitrogens with one attached hydrogen (secondary N) is 1. The number of rotatable bonds is 9. The number of aromatic nitrogens is 2. The zero-order chi connectivity index (χ0) is 24.7. The van der Waals surface area contributed by atoms with E-state index in [0.29, 0.717) is 6.61 Å². The third kappa shape index (κ3) is 5.83. The first kappa shape index (κ1) is 24.2. The Kier molecular flexibility index (Phi) is 7.73. The maximum atomic E-state index is 13.3. The molecule has 0 radical (unpaired) electrons. The highest BCUT2D eigenvalue weighted by molar-refractivity contribution is 7.16. The second kappa shape index (κ2) is 11.5. The molecule has 0 bridgehead atoms. The molecule has 1 fully saturated rings. The summed E-state index contributed by atoms with van der Waals surface area (Å²) in [5.74, 6) is 1.68. The molecule has 4 aromatic rings. The van der Waals surface area contributed by atoms with Crippen LogP contribution < -0.4 is 14.8 Å². The second-order valence-electron chi connectivity index (χ2n) is 8.92. The summed E-state index contributed by atoms with van der Waals surface area (Å²) in [4.78, 5) is 24.5. The molecule has 36 heavy (non-hydrogen) atoms. The number of fused-ring (bicyclic) bond motifs is 1. The number of piperidine rings is 1. The van der Waals surface area contributed by atoms with E-state index in [2.05, 4.69) is 20.2 Å². The Morgan fingerprint density at radius 1 is 1.08 bits per heavy atom. The van der Waals surface area contributed by atoms with Gasteiger partial charge in [0.15, 0.2) is 0 Å². The van der Waals surface area contributed by atoms with Gasteiger partial charge in [0.2, 0.25) is 5.91 Å². The number of benzene rings is 2.